The third kappa shape index (κ3) is 5.28. The first-order chi connectivity index (χ1) is 16.5. The van der Waals surface area contributed by atoms with Gasteiger partial charge in [-0.25, -0.2) is 0 Å². The Labute approximate surface area is 208 Å². The number of nitrogens with one attached hydrogen (secondary N) is 3. The molecule has 0 aromatic heterocycles. The molecule has 4 aliphatic heterocycles. The summed E-state index contributed by atoms with van der Waals surface area (Å²) in [6.45, 7) is 5.87. The summed E-state index contributed by atoms with van der Waals surface area (Å²) in [6.07, 6.45) is 7.72. The largest absolute Gasteiger partial charge is 0.381 e. The highest BCUT2D eigenvalue weighted by Gasteiger charge is 2.46. The number of carbonyl (C=O) groups is 2. The Morgan fingerprint density at radius 2 is 1.88 bits per heavy atom. The molecule has 34 heavy (non-hydrogen) atoms. The van der Waals surface area contributed by atoms with E-state index in [1.165, 1.54) is 12.8 Å². The second kappa shape index (κ2) is 11.0. The van der Waals surface area contributed by atoms with Crippen LogP contribution in [0.5, 0.6) is 0 Å². The Bertz CT molecular complexity index is 722. The van der Waals surface area contributed by atoms with Crippen molar-refractivity contribution in [1.29, 1.82) is 0 Å². The number of hydrogen-bond donors (Lipinski definition) is 3. The second-order valence-corrected chi connectivity index (χ2v) is 12.4. The molecule has 1 saturated carbocycles. The lowest BCUT2D eigenvalue weighted by atomic mass is 9.68. The van der Waals surface area contributed by atoms with Crippen LogP contribution >= 0.6 is 11.8 Å². The molecule has 0 aromatic carbocycles. The van der Waals surface area contributed by atoms with E-state index in [-0.39, 0.29) is 41.3 Å². The van der Waals surface area contributed by atoms with Gasteiger partial charge in [-0.1, -0.05) is 12.8 Å². The van der Waals surface area contributed by atoms with E-state index >= 15 is 0 Å². The highest BCUT2D eigenvalue weighted by molar-refractivity contribution is 8.00. The van der Waals surface area contributed by atoms with Crippen LogP contribution in [0.3, 0.4) is 0 Å². The minimum Gasteiger partial charge on any atom is -0.381 e. The maximum atomic E-state index is 13.5. The van der Waals surface area contributed by atoms with Gasteiger partial charge in [0.25, 0.3) is 0 Å². The molecule has 4 saturated heterocycles. The third-order valence-corrected chi connectivity index (χ3v) is 10.2. The summed E-state index contributed by atoms with van der Waals surface area (Å²) in [5.41, 5.74) is -0.0765. The number of ether oxygens (including phenoxy) is 2. The maximum absolute atomic E-state index is 13.5. The van der Waals surface area contributed by atoms with Crippen LogP contribution < -0.4 is 16.0 Å². The number of methoxy groups -OCH3 is 1. The number of likely N-dealkylation sites (tertiary alicyclic amines) is 1. The maximum Gasteiger partial charge on any atom is 0.226 e. The Kier molecular flexibility index (Phi) is 8.05. The molecule has 0 aromatic rings. The van der Waals surface area contributed by atoms with Crippen LogP contribution in [0.4, 0.5) is 0 Å². The number of amides is 2. The normalized spacial score (nSPS) is 41.3. The molecule has 3 N–H and O–H groups in total. The molecular formula is C25H42N4O4S. The van der Waals surface area contributed by atoms with E-state index < -0.39 is 0 Å². The van der Waals surface area contributed by atoms with Crippen molar-refractivity contribution in [3.63, 3.8) is 0 Å². The number of piperidine rings is 1. The van der Waals surface area contributed by atoms with Crippen LogP contribution in [-0.2, 0) is 19.1 Å². The fourth-order valence-corrected chi connectivity index (χ4v) is 8.39. The van der Waals surface area contributed by atoms with Gasteiger partial charge in [0.15, 0.2) is 0 Å². The summed E-state index contributed by atoms with van der Waals surface area (Å²) in [6, 6.07) is 0.682. The summed E-state index contributed by atoms with van der Waals surface area (Å²) >= 11 is 1.78. The smallest absolute Gasteiger partial charge is 0.226 e. The van der Waals surface area contributed by atoms with Gasteiger partial charge in [0.2, 0.25) is 11.8 Å². The minimum atomic E-state index is -0.0765. The van der Waals surface area contributed by atoms with E-state index in [0.717, 1.165) is 51.7 Å². The monoisotopic (exact) mass is 494 g/mol. The molecule has 8 unspecified atom stereocenters. The molecule has 0 spiro atoms. The molecule has 4 heterocycles. The molecule has 192 valence electrons. The average molecular weight is 495 g/mol. The van der Waals surface area contributed by atoms with E-state index in [1.807, 2.05) is 12.0 Å². The SMILES string of the molecule is COC1CCCCC1C1CC(C)NCC1C(=O)NC1NC2CN(C(=O)C3CCOCC3)CC2S1. The Morgan fingerprint density at radius 1 is 1.09 bits per heavy atom. The zero-order valence-electron chi connectivity index (χ0n) is 20.7. The van der Waals surface area contributed by atoms with Crippen molar-refractivity contribution in [2.24, 2.45) is 23.7 Å². The zero-order chi connectivity index (χ0) is 23.7. The molecule has 0 bridgehead atoms. The molecule has 5 fully saturated rings. The van der Waals surface area contributed by atoms with Gasteiger partial charge in [-0.05, 0) is 50.9 Å². The first-order valence-corrected chi connectivity index (χ1v) is 14.3. The topological polar surface area (TPSA) is 91.9 Å². The summed E-state index contributed by atoms with van der Waals surface area (Å²) in [5.74, 6) is 1.36. The Hall–Kier alpha value is -0.870. The van der Waals surface area contributed by atoms with Crippen LogP contribution in [0.15, 0.2) is 0 Å². The second-order valence-electron chi connectivity index (χ2n) is 11.0. The third-order valence-electron chi connectivity index (χ3n) is 8.87. The fraction of sp³-hybridized carbons (Fsp3) is 0.920. The van der Waals surface area contributed by atoms with E-state index in [4.69, 9.17) is 9.47 Å². The predicted octanol–water partition coefficient (Wildman–Crippen LogP) is 1.55. The van der Waals surface area contributed by atoms with E-state index in [9.17, 15) is 9.59 Å². The van der Waals surface area contributed by atoms with Gasteiger partial charge in [0, 0.05) is 63.2 Å². The van der Waals surface area contributed by atoms with Crippen molar-refractivity contribution in [1.82, 2.24) is 20.9 Å². The molecular weight excluding hydrogens is 452 g/mol. The Balaban J connectivity index is 1.15. The molecule has 5 aliphatic rings. The molecule has 1 aliphatic carbocycles. The highest BCUT2D eigenvalue weighted by Crippen LogP contribution is 2.40. The highest BCUT2D eigenvalue weighted by atomic mass is 32.2. The number of thioether (sulfide) groups is 1. The number of rotatable bonds is 5. The van der Waals surface area contributed by atoms with Gasteiger partial charge in [-0.2, -0.15) is 0 Å². The summed E-state index contributed by atoms with van der Waals surface area (Å²) in [5, 5.41) is 10.8. The molecule has 2 amide bonds. The van der Waals surface area contributed by atoms with Crippen LogP contribution in [0.25, 0.3) is 0 Å². The van der Waals surface area contributed by atoms with Gasteiger partial charge in [-0.15, -0.1) is 11.8 Å². The lowest BCUT2D eigenvalue weighted by molar-refractivity contribution is -0.137. The lowest BCUT2D eigenvalue weighted by Crippen LogP contribution is -2.55. The standard InChI is InChI=1S/C25H42N4O4S/c1-15-11-18(17-5-3-4-6-21(17)32-2)19(12-26-15)23(30)28-25-27-20-13-29(14-22(20)34-25)24(31)16-7-9-33-10-8-16/h15-22,25-27H,3-14H2,1-2H3,(H,28,30). The van der Waals surface area contributed by atoms with Crippen molar-refractivity contribution >= 4 is 23.6 Å². The van der Waals surface area contributed by atoms with E-state index in [0.29, 0.717) is 36.3 Å². The first-order valence-electron chi connectivity index (χ1n) is 13.4. The number of nitrogens with zero attached hydrogens (tertiary/aromatic N) is 1. The van der Waals surface area contributed by atoms with Crippen molar-refractivity contribution in [2.75, 3.05) is 40.0 Å². The van der Waals surface area contributed by atoms with Crippen LogP contribution in [0.2, 0.25) is 0 Å². The summed E-state index contributed by atoms with van der Waals surface area (Å²) in [7, 11) is 1.83. The minimum absolute atomic E-state index is 0.0219. The number of fused-ring (bicyclic) bond motifs is 1. The summed E-state index contributed by atoms with van der Waals surface area (Å²) < 4.78 is 11.3. The number of carbonyl (C=O) groups excluding carboxylic acids is 2. The van der Waals surface area contributed by atoms with Gasteiger partial charge >= 0.3 is 0 Å². The Morgan fingerprint density at radius 3 is 2.65 bits per heavy atom. The average Bonchev–Trinajstić information content (AvgIpc) is 3.42. The van der Waals surface area contributed by atoms with Gasteiger partial charge in [0.05, 0.1) is 12.0 Å². The quantitative estimate of drug-likeness (QED) is 0.534. The van der Waals surface area contributed by atoms with Crippen molar-refractivity contribution in [3.05, 3.63) is 0 Å². The van der Waals surface area contributed by atoms with E-state index in [2.05, 4.69) is 22.9 Å². The number of hydrogen-bond acceptors (Lipinski definition) is 7. The fourth-order valence-electron chi connectivity index (χ4n) is 6.98. The van der Waals surface area contributed by atoms with Crippen molar-refractivity contribution < 1.29 is 19.1 Å². The summed E-state index contributed by atoms with van der Waals surface area (Å²) in [4.78, 5) is 28.4. The molecule has 8 atom stereocenters. The predicted molar refractivity (Wildman–Crippen MR) is 132 cm³/mol. The molecule has 0 radical (unpaired) electrons. The van der Waals surface area contributed by atoms with Gasteiger partial charge in [-0.3, -0.25) is 14.9 Å². The van der Waals surface area contributed by atoms with Crippen molar-refractivity contribution in [3.8, 4) is 0 Å². The molecule has 8 nitrogen and oxygen atoms in total. The molecule has 9 heteroatoms. The van der Waals surface area contributed by atoms with Crippen LogP contribution in [0.1, 0.15) is 51.9 Å². The van der Waals surface area contributed by atoms with E-state index in [1.54, 1.807) is 11.8 Å². The van der Waals surface area contributed by atoms with Gasteiger partial charge < -0.3 is 25.0 Å². The molecule has 5 rings (SSSR count). The van der Waals surface area contributed by atoms with Crippen LogP contribution in [-0.4, -0.2) is 85.6 Å². The lowest BCUT2D eigenvalue weighted by Gasteiger charge is -2.44. The van der Waals surface area contributed by atoms with Crippen LogP contribution in [0, 0.1) is 23.7 Å². The van der Waals surface area contributed by atoms with Gasteiger partial charge in [0.1, 0.15) is 5.50 Å². The first kappa shape index (κ1) is 24.8. The zero-order valence-corrected chi connectivity index (χ0v) is 21.5. The van der Waals surface area contributed by atoms with Crippen molar-refractivity contribution in [2.45, 2.75) is 80.8 Å².